The lowest BCUT2D eigenvalue weighted by Crippen LogP contribution is -2.29. The molecular formula is C19H26N6. The average Bonchev–Trinajstić information content (AvgIpc) is 3.01. The largest absolute Gasteiger partial charge is 0.346 e. The zero-order chi connectivity index (χ0) is 17.0. The number of hydrogen-bond donors (Lipinski definition) is 2. The van der Waals surface area contributed by atoms with Gasteiger partial charge in [-0.25, -0.2) is 9.50 Å². The molecule has 0 amide bonds. The summed E-state index contributed by atoms with van der Waals surface area (Å²) in [7, 11) is 0. The molecule has 1 unspecified atom stereocenters. The molecule has 1 atom stereocenters. The molecule has 0 aromatic carbocycles. The van der Waals surface area contributed by atoms with E-state index in [0.29, 0.717) is 11.3 Å². The highest BCUT2D eigenvalue weighted by Crippen LogP contribution is 2.45. The van der Waals surface area contributed by atoms with Crippen LogP contribution in [-0.2, 0) is 0 Å². The molecule has 2 N–H and O–H groups in total. The number of aromatic amines is 1. The quantitative estimate of drug-likeness (QED) is 0.766. The summed E-state index contributed by atoms with van der Waals surface area (Å²) in [5, 5.41) is 13.7. The Morgan fingerprint density at radius 3 is 2.84 bits per heavy atom. The van der Waals surface area contributed by atoms with Crippen LogP contribution in [0, 0.1) is 11.3 Å². The Labute approximate surface area is 147 Å². The summed E-state index contributed by atoms with van der Waals surface area (Å²) in [6.45, 7) is 5.89. The number of aromatic nitrogens is 5. The fourth-order valence-corrected chi connectivity index (χ4v) is 4.46. The first-order valence-electron chi connectivity index (χ1n) is 9.52. The Morgan fingerprint density at radius 2 is 2.08 bits per heavy atom. The van der Waals surface area contributed by atoms with Crippen LogP contribution in [0.5, 0.6) is 0 Å². The first-order chi connectivity index (χ1) is 12.1. The number of nitrogens with one attached hydrogen (secondary N) is 2. The van der Waals surface area contributed by atoms with Crippen LogP contribution < -0.4 is 5.32 Å². The molecule has 3 aromatic heterocycles. The second-order valence-corrected chi connectivity index (χ2v) is 8.62. The lowest BCUT2D eigenvalue weighted by atomic mass is 9.80. The van der Waals surface area contributed by atoms with Crippen LogP contribution in [-0.4, -0.2) is 37.4 Å². The first kappa shape index (κ1) is 15.3. The minimum atomic E-state index is 0.520. The Morgan fingerprint density at radius 1 is 1.28 bits per heavy atom. The normalized spacial score (nSPS) is 28.6. The lowest BCUT2D eigenvalue weighted by Gasteiger charge is -2.28. The Hall–Kier alpha value is -1.95. The third-order valence-electron chi connectivity index (χ3n) is 6.40. The molecule has 3 heterocycles. The third-order valence-corrected chi connectivity index (χ3v) is 6.40. The Kier molecular flexibility index (Phi) is 3.39. The van der Waals surface area contributed by atoms with Gasteiger partial charge in [-0.15, -0.1) is 5.10 Å². The molecular weight excluding hydrogens is 312 g/mol. The van der Waals surface area contributed by atoms with E-state index in [-0.39, 0.29) is 0 Å². The van der Waals surface area contributed by atoms with Crippen LogP contribution >= 0.6 is 0 Å². The zero-order valence-corrected chi connectivity index (χ0v) is 15.0. The van der Waals surface area contributed by atoms with Crippen molar-refractivity contribution in [3.63, 3.8) is 0 Å². The summed E-state index contributed by atoms with van der Waals surface area (Å²) < 4.78 is 1.83. The first-order valence-corrected chi connectivity index (χ1v) is 9.52. The summed E-state index contributed by atoms with van der Waals surface area (Å²) in [6, 6.07) is 2.82. The van der Waals surface area contributed by atoms with Crippen LogP contribution in [0.25, 0.3) is 16.6 Å². The lowest BCUT2D eigenvalue weighted by molar-refractivity contribution is 0.307. The maximum atomic E-state index is 4.52. The Bertz CT molecular complexity index is 899. The smallest absolute Gasteiger partial charge is 0.141 e. The topological polar surface area (TPSA) is 70.9 Å². The van der Waals surface area contributed by atoms with Gasteiger partial charge < -0.3 is 10.3 Å². The van der Waals surface area contributed by atoms with E-state index >= 15 is 0 Å². The molecule has 6 nitrogen and oxygen atoms in total. The van der Waals surface area contributed by atoms with Crippen LogP contribution in [0.4, 0.5) is 0 Å². The molecule has 0 saturated heterocycles. The van der Waals surface area contributed by atoms with Gasteiger partial charge in [0.05, 0.1) is 5.69 Å². The van der Waals surface area contributed by atoms with Gasteiger partial charge in [0.1, 0.15) is 17.5 Å². The SMILES string of the molecule is CC1(C)CC1NCC1CCC(c2nnn3cnc4[nH]ccc4c23)CC1. The fourth-order valence-electron chi connectivity index (χ4n) is 4.46. The monoisotopic (exact) mass is 338 g/mol. The average molecular weight is 338 g/mol. The number of H-pyrrole nitrogens is 1. The molecule has 2 aliphatic rings. The minimum absolute atomic E-state index is 0.520. The van der Waals surface area contributed by atoms with Crippen LogP contribution in [0.15, 0.2) is 18.6 Å². The van der Waals surface area contributed by atoms with Gasteiger partial charge >= 0.3 is 0 Å². The van der Waals surface area contributed by atoms with Crippen molar-refractivity contribution in [2.75, 3.05) is 6.54 Å². The van der Waals surface area contributed by atoms with Crippen molar-refractivity contribution in [3.8, 4) is 0 Å². The van der Waals surface area contributed by atoms with E-state index in [1.807, 2.05) is 10.7 Å². The van der Waals surface area contributed by atoms with Gasteiger partial charge in [0.2, 0.25) is 0 Å². The van der Waals surface area contributed by atoms with E-state index in [4.69, 9.17) is 0 Å². The van der Waals surface area contributed by atoms with Crippen molar-refractivity contribution in [2.45, 2.75) is 57.9 Å². The van der Waals surface area contributed by atoms with Gasteiger partial charge in [0.15, 0.2) is 0 Å². The molecule has 0 aliphatic heterocycles. The summed E-state index contributed by atoms with van der Waals surface area (Å²) in [6.07, 6.45) is 10.0. The van der Waals surface area contributed by atoms with E-state index in [1.54, 1.807) is 6.33 Å². The van der Waals surface area contributed by atoms with E-state index in [2.05, 4.69) is 45.5 Å². The van der Waals surface area contributed by atoms with E-state index in [1.165, 1.54) is 38.6 Å². The second kappa shape index (κ2) is 5.53. The summed E-state index contributed by atoms with van der Waals surface area (Å²) in [5.41, 5.74) is 3.73. The number of hydrogen-bond acceptors (Lipinski definition) is 4. The molecule has 2 saturated carbocycles. The Balaban J connectivity index is 1.29. The second-order valence-electron chi connectivity index (χ2n) is 8.62. The van der Waals surface area contributed by atoms with Gasteiger partial charge in [0.25, 0.3) is 0 Å². The van der Waals surface area contributed by atoms with Gasteiger partial charge in [0, 0.05) is 23.5 Å². The van der Waals surface area contributed by atoms with Crippen molar-refractivity contribution in [1.29, 1.82) is 0 Å². The van der Waals surface area contributed by atoms with E-state index in [0.717, 1.165) is 34.2 Å². The molecule has 0 bridgehead atoms. The predicted molar refractivity (Wildman–Crippen MR) is 97.5 cm³/mol. The molecule has 2 aliphatic carbocycles. The van der Waals surface area contributed by atoms with Gasteiger partial charge in [-0.2, -0.15) is 0 Å². The highest BCUT2D eigenvalue weighted by molar-refractivity contribution is 5.92. The van der Waals surface area contributed by atoms with Crippen LogP contribution in [0.1, 0.15) is 57.6 Å². The number of rotatable bonds is 4. The molecule has 0 spiro atoms. The van der Waals surface area contributed by atoms with Crippen LogP contribution in [0.2, 0.25) is 0 Å². The van der Waals surface area contributed by atoms with Crippen molar-refractivity contribution >= 4 is 16.6 Å². The van der Waals surface area contributed by atoms with Crippen molar-refractivity contribution in [2.24, 2.45) is 11.3 Å². The zero-order valence-electron chi connectivity index (χ0n) is 15.0. The summed E-state index contributed by atoms with van der Waals surface area (Å²) in [5.74, 6) is 1.33. The highest BCUT2D eigenvalue weighted by Gasteiger charge is 2.45. The summed E-state index contributed by atoms with van der Waals surface area (Å²) >= 11 is 0. The highest BCUT2D eigenvalue weighted by atomic mass is 15.4. The standard InChI is InChI=1S/C19H26N6/c1-19(2)9-15(19)21-10-12-3-5-13(6-4-12)16-17-14-7-8-20-18(14)22-11-25(17)24-23-16/h7-8,11-13,15,20-21H,3-6,9-10H2,1-2H3. The third kappa shape index (κ3) is 2.63. The predicted octanol–water partition coefficient (Wildman–Crippen LogP) is 3.27. The minimum Gasteiger partial charge on any atom is -0.346 e. The maximum Gasteiger partial charge on any atom is 0.141 e. The van der Waals surface area contributed by atoms with Crippen LogP contribution in [0.3, 0.4) is 0 Å². The molecule has 5 rings (SSSR count). The molecule has 2 fully saturated rings. The van der Waals surface area contributed by atoms with Crippen molar-refractivity contribution in [3.05, 3.63) is 24.3 Å². The van der Waals surface area contributed by atoms with Gasteiger partial charge in [-0.05, 0) is 56.0 Å². The van der Waals surface area contributed by atoms with E-state index < -0.39 is 0 Å². The number of fused-ring (bicyclic) bond motifs is 3. The molecule has 25 heavy (non-hydrogen) atoms. The van der Waals surface area contributed by atoms with Gasteiger partial charge in [-0.3, -0.25) is 0 Å². The molecule has 0 radical (unpaired) electrons. The molecule has 3 aromatic rings. The van der Waals surface area contributed by atoms with E-state index in [9.17, 15) is 0 Å². The van der Waals surface area contributed by atoms with Crippen molar-refractivity contribution < 1.29 is 0 Å². The fraction of sp³-hybridized carbons (Fsp3) is 0.632. The summed E-state index contributed by atoms with van der Waals surface area (Å²) in [4.78, 5) is 7.59. The van der Waals surface area contributed by atoms with Crippen molar-refractivity contribution in [1.82, 2.24) is 30.1 Å². The number of nitrogens with zero attached hydrogens (tertiary/aromatic N) is 4. The van der Waals surface area contributed by atoms with Gasteiger partial charge in [-0.1, -0.05) is 19.1 Å². The maximum absolute atomic E-state index is 4.52. The molecule has 6 heteroatoms. The molecule has 132 valence electrons.